The molecule has 0 amide bonds. The molecule has 0 bridgehead atoms. The van der Waals surface area contributed by atoms with Gasteiger partial charge in [0.05, 0.1) is 13.2 Å². The molecule has 0 aliphatic carbocycles. The van der Waals surface area contributed by atoms with Crippen molar-refractivity contribution < 1.29 is 9.47 Å². The van der Waals surface area contributed by atoms with E-state index in [9.17, 15) is 0 Å². The molecule has 1 atom stereocenters. The number of nitrogens with two attached hydrogens (primary N) is 1. The largest absolute Gasteiger partial charge is 0.355 e. The third-order valence-electron chi connectivity index (χ3n) is 0.999. The Balaban J connectivity index is 2.91. The summed E-state index contributed by atoms with van der Waals surface area (Å²) in [5.41, 5.74) is 5.45. The predicted octanol–water partition coefficient (Wildman–Crippen LogP) is 0.980. The highest BCUT2D eigenvalue weighted by atomic mass is 16.7. The molecule has 0 spiro atoms. The molecule has 0 aromatic carbocycles. The van der Waals surface area contributed by atoms with Crippen LogP contribution < -0.4 is 5.73 Å². The highest BCUT2D eigenvalue weighted by Gasteiger charge is 1.95. The fraction of sp³-hybridized carbons (Fsp3) is 1.00. The van der Waals surface area contributed by atoms with Crippen LogP contribution in [-0.4, -0.2) is 26.0 Å². The fourth-order valence-corrected chi connectivity index (χ4v) is 0.577. The Kier molecular flexibility index (Phi) is 6.51. The minimum Gasteiger partial charge on any atom is -0.355 e. The third kappa shape index (κ3) is 9.88. The summed E-state index contributed by atoms with van der Waals surface area (Å²) >= 11 is 0. The molecule has 2 N–H and O–H groups in total. The van der Waals surface area contributed by atoms with Gasteiger partial charge in [-0.15, -0.1) is 0 Å². The third-order valence-corrected chi connectivity index (χ3v) is 0.999. The van der Waals surface area contributed by atoms with Crippen LogP contribution in [0.25, 0.3) is 0 Å². The monoisotopic (exact) mass is 161 g/mol. The van der Waals surface area contributed by atoms with E-state index in [1.165, 1.54) is 0 Å². The molecular weight excluding hydrogens is 142 g/mol. The lowest BCUT2D eigenvalue weighted by Gasteiger charge is -2.08. The summed E-state index contributed by atoms with van der Waals surface area (Å²) in [6, 6.07) is 0.0950. The first-order chi connectivity index (χ1) is 5.13. The van der Waals surface area contributed by atoms with Gasteiger partial charge < -0.3 is 15.2 Å². The molecule has 0 saturated heterocycles. The first kappa shape index (κ1) is 10.9. The second kappa shape index (κ2) is 6.58. The zero-order valence-electron chi connectivity index (χ0n) is 7.67. The molecule has 0 heterocycles. The normalized spacial score (nSPS) is 13.9. The van der Waals surface area contributed by atoms with Crippen LogP contribution in [0, 0.1) is 5.92 Å². The van der Waals surface area contributed by atoms with Crippen LogP contribution in [-0.2, 0) is 9.47 Å². The average molecular weight is 161 g/mol. The molecule has 11 heavy (non-hydrogen) atoms. The summed E-state index contributed by atoms with van der Waals surface area (Å²) in [7, 11) is 0. The molecule has 0 radical (unpaired) electrons. The zero-order valence-corrected chi connectivity index (χ0v) is 7.67. The van der Waals surface area contributed by atoms with Crippen LogP contribution in [0.1, 0.15) is 20.8 Å². The summed E-state index contributed by atoms with van der Waals surface area (Å²) < 4.78 is 10.3. The maximum absolute atomic E-state index is 5.45. The first-order valence-electron chi connectivity index (χ1n) is 4.04. The van der Waals surface area contributed by atoms with Gasteiger partial charge in [-0.3, -0.25) is 0 Å². The summed E-state index contributed by atoms with van der Waals surface area (Å²) in [6.45, 7) is 7.79. The highest BCUT2D eigenvalue weighted by molar-refractivity contribution is 4.46. The van der Waals surface area contributed by atoms with Gasteiger partial charge >= 0.3 is 0 Å². The van der Waals surface area contributed by atoms with E-state index < -0.39 is 0 Å². The Hall–Kier alpha value is -0.120. The van der Waals surface area contributed by atoms with Gasteiger partial charge in [-0.1, -0.05) is 13.8 Å². The number of hydrogen-bond donors (Lipinski definition) is 1. The van der Waals surface area contributed by atoms with Crippen molar-refractivity contribution in [3.8, 4) is 0 Å². The minimum atomic E-state index is 0.0950. The van der Waals surface area contributed by atoms with E-state index in [2.05, 4.69) is 13.8 Å². The highest BCUT2D eigenvalue weighted by Crippen LogP contribution is 1.92. The molecule has 68 valence electrons. The van der Waals surface area contributed by atoms with Crippen molar-refractivity contribution in [2.24, 2.45) is 11.7 Å². The van der Waals surface area contributed by atoms with Gasteiger partial charge in [0.15, 0.2) is 0 Å². The Labute approximate surface area is 68.9 Å². The van der Waals surface area contributed by atoms with Gasteiger partial charge in [-0.05, 0) is 12.8 Å². The van der Waals surface area contributed by atoms with E-state index in [4.69, 9.17) is 15.2 Å². The molecule has 1 unspecified atom stereocenters. The van der Waals surface area contributed by atoms with E-state index in [0.717, 1.165) is 6.61 Å². The van der Waals surface area contributed by atoms with Gasteiger partial charge in [0.25, 0.3) is 0 Å². The molecule has 0 rings (SSSR count). The maximum atomic E-state index is 5.45. The standard InChI is InChI=1S/C8H19NO2/c1-7(2)4-10-6-11-5-8(3)9/h7-8H,4-6,9H2,1-3H3. The lowest BCUT2D eigenvalue weighted by atomic mass is 10.2. The van der Waals surface area contributed by atoms with Crippen LogP contribution >= 0.6 is 0 Å². The van der Waals surface area contributed by atoms with Crippen LogP contribution in [0.3, 0.4) is 0 Å². The number of ether oxygens (including phenoxy) is 2. The van der Waals surface area contributed by atoms with Crippen molar-refractivity contribution in [2.75, 3.05) is 20.0 Å². The molecular formula is C8H19NO2. The molecule has 0 aliphatic rings. The molecule has 0 aromatic heterocycles. The smallest absolute Gasteiger partial charge is 0.146 e. The first-order valence-corrected chi connectivity index (χ1v) is 4.04. The Morgan fingerprint density at radius 2 is 1.64 bits per heavy atom. The van der Waals surface area contributed by atoms with Gasteiger partial charge in [0, 0.05) is 6.04 Å². The molecule has 0 saturated carbocycles. The molecule has 0 aliphatic heterocycles. The second-order valence-electron chi connectivity index (χ2n) is 3.23. The number of rotatable bonds is 6. The van der Waals surface area contributed by atoms with Gasteiger partial charge in [0.2, 0.25) is 0 Å². The van der Waals surface area contributed by atoms with Crippen LogP contribution in [0.4, 0.5) is 0 Å². The molecule has 0 aromatic rings. The summed E-state index contributed by atoms with van der Waals surface area (Å²) in [5, 5.41) is 0. The van der Waals surface area contributed by atoms with Crippen LogP contribution in [0.5, 0.6) is 0 Å². The Bertz CT molecular complexity index is 74.2. The maximum Gasteiger partial charge on any atom is 0.146 e. The van der Waals surface area contributed by atoms with Crippen molar-refractivity contribution in [1.82, 2.24) is 0 Å². The van der Waals surface area contributed by atoms with E-state index in [1.54, 1.807) is 0 Å². The van der Waals surface area contributed by atoms with Gasteiger partial charge in [0.1, 0.15) is 6.79 Å². The topological polar surface area (TPSA) is 44.5 Å². The second-order valence-corrected chi connectivity index (χ2v) is 3.23. The predicted molar refractivity (Wildman–Crippen MR) is 45.3 cm³/mol. The Morgan fingerprint density at radius 3 is 2.09 bits per heavy atom. The van der Waals surface area contributed by atoms with Gasteiger partial charge in [-0.2, -0.15) is 0 Å². The summed E-state index contributed by atoms with van der Waals surface area (Å²) in [4.78, 5) is 0. The minimum absolute atomic E-state index is 0.0950. The van der Waals surface area contributed by atoms with Crippen molar-refractivity contribution in [1.29, 1.82) is 0 Å². The molecule has 0 fully saturated rings. The summed E-state index contributed by atoms with van der Waals surface area (Å²) in [5.74, 6) is 0.564. The zero-order chi connectivity index (χ0) is 8.69. The molecule has 3 nitrogen and oxygen atoms in total. The van der Waals surface area contributed by atoms with Crippen LogP contribution in [0.15, 0.2) is 0 Å². The van der Waals surface area contributed by atoms with Gasteiger partial charge in [-0.25, -0.2) is 0 Å². The lowest BCUT2D eigenvalue weighted by Crippen LogP contribution is -2.22. The van der Waals surface area contributed by atoms with Crippen molar-refractivity contribution in [3.63, 3.8) is 0 Å². The fourth-order valence-electron chi connectivity index (χ4n) is 0.577. The molecule has 3 heteroatoms. The quantitative estimate of drug-likeness (QED) is 0.466. The SMILES string of the molecule is CC(C)COCOCC(C)N. The lowest BCUT2D eigenvalue weighted by molar-refractivity contribution is -0.0640. The average Bonchev–Trinajstić information content (AvgIpc) is 1.85. The van der Waals surface area contributed by atoms with Crippen molar-refractivity contribution >= 4 is 0 Å². The van der Waals surface area contributed by atoms with E-state index >= 15 is 0 Å². The van der Waals surface area contributed by atoms with E-state index in [1.807, 2.05) is 6.92 Å². The van der Waals surface area contributed by atoms with E-state index in [-0.39, 0.29) is 6.04 Å². The van der Waals surface area contributed by atoms with E-state index in [0.29, 0.717) is 19.3 Å². The van der Waals surface area contributed by atoms with Crippen LogP contribution in [0.2, 0.25) is 0 Å². The van der Waals surface area contributed by atoms with Crippen molar-refractivity contribution in [3.05, 3.63) is 0 Å². The number of hydrogen-bond acceptors (Lipinski definition) is 3. The van der Waals surface area contributed by atoms with Crippen molar-refractivity contribution in [2.45, 2.75) is 26.8 Å². The summed E-state index contributed by atoms with van der Waals surface area (Å²) in [6.07, 6.45) is 0. The Morgan fingerprint density at radius 1 is 1.09 bits per heavy atom.